The maximum atomic E-state index is 12.2. The fraction of sp³-hybridized carbons (Fsp3) is 0.800. The summed E-state index contributed by atoms with van der Waals surface area (Å²) in [5.41, 5.74) is 1.45. The van der Waals surface area contributed by atoms with Crippen LogP contribution in [0.15, 0.2) is 60.8 Å². The van der Waals surface area contributed by atoms with E-state index in [0.29, 0.717) is 46.0 Å². The molecule has 0 aromatic carbocycles. The molecule has 16 aliphatic rings. The first-order valence-corrected chi connectivity index (χ1v) is 32.4. The smallest absolute Gasteiger partial charge is 0.333 e. The summed E-state index contributed by atoms with van der Waals surface area (Å²) in [6.07, 6.45) is 30.5. The van der Waals surface area contributed by atoms with Crippen LogP contribution in [0.2, 0.25) is 0 Å². The van der Waals surface area contributed by atoms with Crippen molar-refractivity contribution in [3.63, 3.8) is 0 Å². The number of ether oxygens (including phenoxy) is 4. The van der Waals surface area contributed by atoms with Crippen LogP contribution in [0.5, 0.6) is 0 Å². The quantitative estimate of drug-likeness (QED) is 0.0662. The third-order valence-corrected chi connectivity index (χ3v) is 27.6. The molecule has 14 bridgehead atoms. The van der Waals surface area contributed by atoms with Crippen molar-refractivity contribution in [1.82, 2.24) is 0 Å². The van der Waals surface area contributed by atoms with E-state index in [1.807, 2.05) is 0 Å². The van der Waals surface area contributed by atoms with Crippen molar-refractivity contribution in [2.24, 2.45) is 142 Å². The molecule has 16 rings (SSSR count). The minimum atomic E-state index is -0.236. The number of rotatable bonds is 11. The minimum Gasteiger partial charge on any atom is -0.456 e. The van der Waals surface area contributed by atoms with E-state index in [1.165, 1.54) is 83.5 Å². The number of allylic oxidation sites excluding steroid dienone is 2. The molecule has 8 heteroatoms. The zero-order valence-corrected chi connectivity index (χ0v) is 49.2. The zero-order valence-electron chi connectivity index (χ0n) is 49.2. The average molecular weight is 1070 g/mol. The van der Waals surface area contributed by atoms with Crippen LogP contribution in [-0.4, -0.2) is 46.3 Å². The molecule has 28 unspecified atom stereocenters. The Kier molecular flexibility index (Phi) is 13.2. The van der Waals surface area contributed by atoms with Crippen LogP contribution in [0.1, 0.15) is 184 Å². The van der Waals surface area contributed by atoms with Crippen LogP contribution in [0.4, 0.5) is 0 Å². The third-order valence-electron chi connectivity index (χ3n) is 27.6. The van der Waals surface area contributed by atoms with Crippen molar-refractivity contribution in [2.75, 3.05) is 0 Å². The first-order valence-electron chi connectivity index (χ1n) is 32.4. The van der Waals surface area contributed by atoms with Crippen molar-refractivity contribution in [1.29, 1.82) is 0 Å². The molecule has 28 atom stereocenters. The maximum absolute atomic E-state index is 12.2. The Morgan fingerprint density at radius 3 is 1.32 bits per heavy atom. The zero-order chi connectivity index (χ0) is 54.9. The molecule has 0 saturated heterocycles. The van der Waals surface area contributed by atoms with E-state index in [-0.39, 0.29) is 46.3 Å². The molecule has 426 valence electrons. The number of hydrogen-bond acceptors (Lipinski definition) is 8. The van der Waals surface area contributed by atoms with Gasteiger partial charge < -0.3 is 18.9 Å². The molecule has 0 heterocycles. The fourth-order valence-electron chi connectivity index (χ4n) is 24.8. The molecular weight excluding hydrogens is 969 g/mol. The highest BCUT2D eigenvalue weighted by atomic mass is 16.6. The lowest BCUT2D eigenvalue weighted by Gasteiger charge is -2.52. The van der Waals surface area contributed by atoms with Crippen molar-refractivity contribution < 1.29 is 38.1 Å². The van der Waals surface area contributed by atoms with E-state index in [9.17, 15) is 19.2 Å². The van der Waals surface area contributed by atoms with Crippen LogP contribution in [0, 0.1) is 142 Å². The first-order chi connectivity index (χ1) is 37.2. The molecule has 15 saturated carbocycles. The molecule has 0 spiro atoms. The van der Waals surface area contributed by atoms with E-state index in [1.54, 1.807) is 27.7 Å². The molecule has 0 radical (unpaired) electrons. The second kappa shape index (κ2) is 19.1. The Morgan fingerprint density at radius 1 is 0.385 bits per heavy atom. The van der Waals surface area contributed by atoms with Gasteiger partial charge >= 0.3 is 23.9 Å². The number of esters is 4. The van der Waals surface area contributed by atoms with Gasteiger partial charge in [-0.25, -0.2) is 19.2 Å². The maximum Gasteiger partial charge on any atom is 0.333 e. The molecule has 0 aromatic rings. The monoisotopic (exact) mass is 1070 g/mol. The largest absolute Gasteiger partial charge is 0.456 e. The first kappa shape index (κ1) is 53.9. The van der Waals surface area contributed by atoms with E-state index in [4.69, 9.17) is 18.9 Å². The Balaban J connectivity index is 0.0000000993. The van der Waals surface area contributed by atoms with Gasteiger partial charge in [0.1, 0.15) is 22.4 Å². The van der Waals surface area contributed by atoms with Crippen LogP contribution in [0.25, 0.3) is 0 Å². The van der Waals surface area contributed by atoms with E-state index in [0.717, 1.165) is 163 Å². The van der Waals surface area contributed by atoms with Gasteiger partial charge in [0.2, 0.25) is 0 Å². The third kappa shape index (κ3) is 7.86. The van der Waals surface area contributed by atoms with Crippen LogP contribution in [0.3, 0.4) is 0 Å². The molecule has 15 fully saturated rings. The second-order valence-electron chi connectivity index (χ2n) is 30.6. The molecule has 0 amide bonds. The Hall–Kier alpha value is -3.42. The number of carbonyl (C=O) groups is 4. The lowest BCUT2D eigenvalue weighted by Crippen LogP contribution is -2.51. The van der Waals surface area contributed by atoms with Gasteiger partial charge in [-0.3, -0.25) is 0 Å². The topological polar surface area (TPSA) is 105 Å². The Labute approximate surface area is 468 Å². The summed E-state index contributed by atoms with van der Waals surface area (Å²) in [6, 6.07) is 0. The minimum absolute atomic E-state index is 0.151. The summed E-state index contributed by atoms with van der Waals surface area (Å²) in [5.74, 6) is 19.9. The predicted octanol–water partition coefficient (Wildman–Crippen LogP) is 14.8. The van der Waals surface area contributed by atoms with Gasteiger partial charge in [0, 0.05) is 46.0 Å². The Bertz CT molecular complexity index is 2570. The van der Waals surface area contributed by atoms with Crippen molar-refractivity contribution >= 4 is 23.9 Å². The highest BCUT2D eigenvalue weighted by Crippen LogP contribution is 2.77. The predicted molar refractivity (Wildman–Crippen MR) is 302 cm³/mol. The summed E-state index contributed by atoms with van der Waals surface area (Å²) in [6.45, 7) is 30.7. The highest BCUT2D eigenvalue weighted by molar-refractivity contribution is 5.88. The Morgan fingerprint density at radius 2 is 0.808 bits per heavy atom. The summed E-state index contributed by atoms with van der Waals surface area (Å²) < 4.78 is 23.8. The highest BCUT2D eigenvalue weighted by Gasteiger charge is 2.73. The van der Waals surface area contributed by atoms with E-state index in [2.05, 4.69) is 66.2 Å². The van der Waals surface area contributed by atoms with Crippen molar-refractivity contribution in [3.8, 4) is 0 Å². The second-order valence-corrected chi connectivity index (χ2v) is 30.6. The molecule has 0 N–H and O–H groups in total. The molecule has 0 aliphatic heterocycles. The van der Waals surface area contributed by atoms with Gasteiger partial charge in [0.15, 0.2) is 0 Å². The summed E-state index contributed by atoms with van der Waals surface area (Å²) in [7, 11) is 0. The number of carbonyl (C=O) groups excluding carboxylic acids is 4. The standard InChI is InChI=1S/C20H28O2.C18H26O2.C17H22O2.C15H22O2/c1-4-20(22-19(21)10(2)3)9-11-7-16(20)18-15-8-14(17(11)18)12-5-6-13(12)15;1-4-18(20-17(19)10(2)3)9-13-8-14(18)16-12-6-5-11(7-12)15(13)16;1-9(2)16(18)19-17(3)8-12-7-13(17)15-11-5-4-10(6-11)14(12)15;1-4-15(17-14(16)9(2)3)8-10-7-13(15)12-6-5-11(10)12/h11-18H,2,4-9H2,1,3H3;11-16H,2,4-9H2,1,3H3;4-5,10-15H,1,6-8H2,2-3H3;10-13H,2,4-8H2,1,3H3. The van der Waals surface area contributed by atoms with Gasteiger partial charge in [-0.1, -0.05) is 59.2 Å². The SMILES string of the molecule is C=C(C)C(=O)OC1(C)CC2CC1C1C3C=CC(C3)C21.C=C(C)C(=O)OC1(CC)CC2CC1C1C3CC(C4CCC43)C21.C=C(C)C(=O)OC1(CC)CC2CC1C1C3CCC(C3)C21.C=C(C)C(=O)OC1(CC)CC2CC1C1CCC21. The van der Waals surface area contributed by atoms with Gasteiger partial charge in [-0.15, -0.1) is 0 Å². The van der Waals surface area contributed by atoms with Crippen LogP contribution in [-0.2, 0) is 38.1 Å². The van der Waals surface area contributed by atoms with Gasteiger partial charge in [0.05, 0.1) is 0 Å². The summed E-state index contributed by atoms with van der Waals surface area (Å²) >= 11 is 0. The van der Waals surface area contributed by atoms with Gasteiger partial charge in [-0.2, -0.15) is 0 Å². The van der Waals surface area contributed by atoms with E-state index >= 15 is 0 Å². The molecule has 16 aliphatic carbocycles. The molecule has 0 aromatic heterocycles. The fourth-order valence-corrected chi connectivity index (χ4v) is 24.8. The summed E-state index contributed by atoms with van der Waals surface area (Å²) in [4.78, 5) is 48.0. The molecular formula is C70H98O8. The molecule has 78 heavy (non-hydrogen) atoms. The van der Waals surface area contributed by atoms with Crippen molar-refractivity contribution in [2.45, 2.75) is 206 Å². The lowest BCUT2D eigenvalue weighted by molar-refractivity contribution is -0.171. The van der Waals surface area contributed by atoms with Crippen molar-refractivity contribution in [3.05, 3.63) is 60.8 Å². The van der Waals surface area contributed by atoms with Gasteiger partial charge in [0.25, 0.3) is 0 Å². The van der Waals surface area contributed by atoms with Gasteiger partial charge in [-0.05, 0) is 281 Å². The average Bonchev–Trinajstić information content (AvgIpc) is 4.40. The normalized spacial score (nSPS) is 51.9. The number of hydrogen-bond donors (Lipinski definition) is 0. The lowest BCUT2D eigenvalue weighted by atomic mass is 9.54. The number of fused-ring (bicyclic) bond motifs is 35. The van der Waals surface area contributed by atoms with Crippen LogP contribution < -0.4 is 0 Å². The summed E-state index contributed by atoms with van der Waals surface area (Å²) in [5, 5.41) is 0. The van der Waals surface area contributed by atoms with Crippen LogP contribution >= 0.6 is 0 Å². The van der Waals surface area contributed by atoms with E-state index < -0.39 is 0 Å². The molecule has 8 nitrogen and oxygen atoms in total.